The Morgan fingerprint density at radius 2 is 1.88 bits per heavy atom. The molecular formula is C21H15Cl2N3O4S2. The van der Waals surface area contributed by atoms with Crippen molar-refractivity contribution in [3.05, 3.63) is 70.0 Å². The number of aromatic nitrogens is 1. The lowest BCUT2D eigenvalue weighted by Gasteiger charge is -2.06. The Kier molecular flexibility index (Phi) is 8.29. The zero-order valence-corrected chi connectivity index (χ0v) is 19.3. The van der Waals surface area contributed by atoms with Crippen molar-refractivity contribution in [3.8, 4) is 11.3 Å². The maximum absolute atomic E-state index is 12.3. The lowest BCUT2D eigenvalue weighted by molar-refractivity contribution is -0.131. The summed E-state index contributed by atoms with van der Waals surface area (Å²) >= 11 is 14.6. The first kappa shape index (κ1) is 23.8. The van der Waals surface area contributed by atoms with Gasteiger partial charge in [0.1, 0.15) is 0 Å². The summed E-state index contributed by atoms with van der Waals surface area (Å²) < 4.78 is 0. The summed E-state index contributed by atoms with van der Waals surface area (Å²) in [7, 11) is 0. The second-order valence-electron chi connectivity index (χ2n) is 6.19. The lowest BCUT2D eigenvalue weighted by Crippen LogP contribution is -2.13. The Labute approximate surface area is 201 Å². The van der Waals surface area contributed by atoms with Crippen LogP contribution in [0.1, 0.15) is 0 Å². The number of amides is 2. The van der Waals surface area contributed by atoms with Crippen LogP contribution in [0.15, 0.2) is 64.9 Å². The molecule has 0 radical (unpaired) electrons. The molecule has 3 rings (SSSR count). The molecule has 0 aliphatic heterocycles. The van der Waals surface area contributed by atoms with Crippen molar-refractivity contribution in [2.45, 2.75) is 4.90 Å². The third-order valence-corrected chi connectivity index (χ3v) is 6.31. The Bertz CT molecular complexity index is 1200. The van der Waals surface area contributed by atoms with E-state index in [4.69, 9.17) is 28.3 Å². The molecule has 0 aliphatic carbocycles. The van der Waals surface area contributed by atoms with E-state index in [2.05, 4.69) is 15.6 Å². The molecule has 3 aromatic rings. The second-order valence-corrected chi connectivity index (χ2v) is 8.91. The quantitative estimate of drug-likeness (QED) is 0.277. The summed E-state index contributed by atoms with van der Waals surface area (Å²) in [5.74, 6) is -1.87. The van der Waals surface area contributed by atoms with Gasteiger partial charge < -0.3 is 15.7 Å². The monoisotopic (exact) mass is 507 g/mol. The van der Waals surface area contributed by atoms with E-state index in [1.54, 1.807) is 42.5 Å². The SMILES string of the molecule is O=C(O)/C=C/C(=O)Nc1cccc(SCC(=O)Nc2nc(-c3ccc(Cl)c(Cl)c3)cs2)c1. The summed E-state index contributed by atoms with van der Waals surface area (Å²) in [4.78, 5) is 39.6. The van der Waals surface area contributed by atoms with Crippen LogP contribution in [0, 0.1) is 0 Å². The van der Waals surface area contributed by atoms with E-state index < -0.39 is 11.9 Å². The highest BCUT2D eigenvalue weighted by Crippen LogP contribution is 2.30. The van der Waals surface area contributed by atoms with E-state index in [1.165, 1.54) is 23.1 Å². The van der Waals surface area contributed by atoms with Crippen LogP contribution in [0.2, 0.25) is 10.0 Å². The van der Waals surface area contributed by atoms with Crippen LogP contribution in [0.25, 0.3) is 11.3 Å². The zero-order chi connectivity index (χ0) is 23.1. The maximum Gasteiger partial charge on any atom is 0.328 e. The number of thiazole rings is 1. The lowest BCUT2D eigenvalue weighted by atomic mass is 10.2. The first-order valence-electron chi connectivity index (χ1n) is 8.96. The van der Waals surface area contributed by atoms with Crippen molar-refractivity contribution in [1.29, 1.82) is 0 Å². The molecule has 2 aromatic carbocycles. The molecule has 0 spiro atoms. The number of rotatable bonds is 8. The van der Waals surface area contributed by atoms with Gasteiger partial charge in [0, 0.05) is 33.7 Å². The van der Waals surface area contributed by atoms with Crippen molar-refractivity contribution >= 4 is 74.9 Å². The number of halogens is 2. The number of carbonyl (C=O) groups is 3. The van der Waals surface area contributed by atoms with Gasteiger partial charge in [-0.2, -0.15) is 0 Å². The first-order chi connectivity index (χ1) is 15.3. The third kappa shape index (κ3) is 7.10. The fraction of sp³-hybridized carbons (Fsp3) is 0.0476. The van der Waals surface area contributed by atoms with Gasteiger partial charge >= 0.3 is 5.97 Å². The summed E-state index contributed by atoms with van der Waals surface area (Å²) in [6, 6.07) is 12.1. The van der Waals surface area contributed by atoms with Gasteiger partial charge in [0.25, 0.3) is 0 Å². The molecule has 7 nitrogen and oxygen atoms in total. The predicted molar refractivity (Wildman–Crippen MR) is 129 cm³/mol. The third-order valence-electron chi connectivity index (χ3n) is 3.81. The number of carboxylic acids is 1. The summed E-state index contributed by atoms with van der Waals surface area (Å²) in [5.41, 5.74) is 1.96. The number of benzene rings is 2. The Hall–Kier alpha value is -2.85. The highest BCUT2D eigenvalue weighted by atomic mass is 35.5. The van der Waals surface area contributed by atoms with Crippen molar-refractivity contribution in [3.63, 3.8) is 0 Å². The van der Waals surface area contributed by atoms with Crippen molar-refractivity contribution in [2.75, 3.05) is 16.4 Å². The highest BCUT2D eigenvalue weighted by Gasteiger charge is 2.10. The molecule has 11 heteroatoms. The van der Waals surface area contributed by atoms with Crippen LogP contribution in [0.4, 0.5) is 10.8 Å². The van der Waals surface area contributed by atoms with Gasteiger partial charge in [-0.1, -0.05) is 35.3 Å². The topological polar surface area (TPSA) is 108 Å². The average Bonchev–Trinajstić information content (AvgIpc) is 3.21. The Morgan fingerprint density at radius 3 is 2.62 bits per heavy atom. The molecule has 0 unspecified atom stereocenters. The van der Waals surface area contributed by atoms with Gasteiger partial charge in [-0.05, 0) is 30.3 Å². The number of carbonyl (C=O) groups excluding carboxylic acids is 2. The van der Waals surface area contributed by atoms with Gasteiger partial charge in [-0.15, -0.1) is 23.1 Å². The minimum Gasteiger partial charge on any atom is -0.478 e. The second kappa shape index (κ2) is 11.1. The van der Waals surface area contributed by atoms with E-state index in [0.717, 1.165) is 22.6 Å². The molecule has 0 saturated carbocycles. The number of thioether (sulfide) groups is 1. The largest absolute Gasteiger partial charge is 0.478 e. The molecule has 0 bridgehead atoms. The van der Waals surface area contributed by atoms with E-state index in [1.807, 2.05) is 5.38 Å². The van der Waals surface area contributed by atoms with Gasteiger partial charge in [0.2, 0.25) is 11.8 Å². The first-order valence-corrected chi connectivity index (χ1v) is 11.6. The predicted octanol–water partition coefficient (Wildman–Crippen LogP) is 5.43. The molecule has 1 heterocycles. The molecule has 3 N–H and O–H groups in total. The number of hydrogen-bond acceptors (Lipinski definition) is 6. The minimum atomic E-state index is -1.21. The minimum absolute atomic E-state index is 0.137. The number of carboxylic acid groups (broad SMARTS) is 1. The fourth-order valence-corrected chi connectivity index (χ4v) is 4.21. The Morgan fingerprint density at radius 1 is 1.06 bits per heavy atom. The van der Waals surface area contributed by atoms with Crippen LogP contribution in [-0.4, -0.2) is 33.6 Å². The highest BCUT2D eigenvalue weighted by molar-refractivity contribution is 8.00. The average molecular weight is 508 g/mol. The normalized spacial score (nSPS) is 10.8. The molecule has 0 aliphatic rings. The maximum atomic E-state index is 12.3. The number of aliphatic carboxylic acids is 1. The van der Waals surface area contributed by atoms with Crippen LogP contribution < -0.4 is 10.6 Å². The van der Waals surface area contributed by atoms with Gasteiger partial charge in [0.05, 0.1) is 21.5 Å². The van der Waals surface area contributed by atoms with Crippen molar-refractivity contribution < 1.29 is 19.5 Å². The number of anilines is 2. The van der Waals surface area contributed by atoms with Crippen LogP contribution in [0.5, 0.6) is 0 Å². The summed E-state index contributed by atoms with van der Waals surface area (Å²) in [6.07, 6.45) is 1.68. The van der Waals surface area contributed by atoms with E-state index in [-0.39, 0.29) is 11.7 Å². The Balaban J connectivity index is 1.54. The van der Waals surface area contributed by atoms with E-state index in [9.17, 15) is 14.4 Å². The van der Waals surface area contributed by atoms with Gasteiger partial charge in [-0.25, -0.2) is 9.78 Å². The van der Waals surface area contributed by atoms with Crippen molar-refractivity contribution in [1.82, 2.24) is 4.98 Å². The molecule has 32 heavy (non-hydrogen) atoms. The summed E-state index contributed by atoms with van der Waals surface area (Å²) in [5, 5.41) is 17.0. The summed E-state index contributed by atoms with van der Waals surface area (Å²) in [6.45, 7) is 0. The molecule has 164 valence electrons. The number of nitrogens with zero attached hydrogens (tertiary/aromatic N) is 1. The number of hydrogen-bond donors (Lipinski definition) is 3. The van der Waals surface area contributed by atoms with E-state index >= 15 is 0 Å². The van der Waals surface area contributed by atoms with Gasteiger partial charge in [-0.3, -0.25) is 9.59 Å². The molecule has 0 fully saturated rings. The van der Waals surface area contributed by atoms with Crippen molar-refractivity contribution in [2.24, 2.45) is 0 Å². The molecule has 0 atom stereocenters. The molecular weight excluding hydrogens is 493 g/mol. The standard InChI is InChI=1S/C21H15Cl2N3O4S2/c22-15-5-4-12(8-16(15)23)17-10-32-21(25-17)26-19(28)11-31-14-3-1-2-13(9-14)24-18(27)6-7-20(29)30/h1-10H,11H2,(H,24,27)(H,29,30)(H,25,26,28)/b7-6+. The smallest absolute Gasteiger partial charge is 0.328 e. The molecule has 2 amide bonds. The van der Waals surface area contributed by atoms with Crippen LogP contribution >= 0.6 is 46.3 Å². The van der Waals surface area contributed by atoms with Gasteiger partial charge in [0.15, 0.2) is 5.13 Å². The van der Waals surface area contributed by atoms with E-state index in [0.29, 0.717) is 26.6 Å². The van der Waals surface area contributed by atoms with Crippen LogP contribution in [0.3, 0.4) is 0 Å². The fourth-order valence-electron chi connectivity index (χ4n) is 2.42. The molecule has 1 aromatic heterocycles. The zero-order valence-electron chi connectivity index (χ0n) is 16.2. The van der Waals surface area contributed by atoms with Crippen LogP contribution in [-0.2, 0) is 14.4 Å². The molecule has 0 saturated heterocycles. The number of nitrogens with one attached hydrogen (secondary N) is 2.